The molecule has 3 nitrogen and oxygen atoms in total. The summed E-state index contributed by atoms with van der Waals surface area (Å²) in [5.41, 5.74) is 3.88. The van der Waals surface area contributed by atoms with Crippen molar-refractivity contribution in [2.75, 3.05) is 0 Å². The zero-order chi connectivity index (χ0) is 67.2. The van der Waals surface area contributed by atoms with E-state index in [1.807, 2.05) is 72.3 Å². The van der Waals surface area contributed by atoms with Gasteiger partial charge in [0.05, 0.1) is 0 Å². The molecule has 8 heteroatoms. The van der Waals surface area contributed by atoms with Crippen molar-refractivity contribution >= 4 is 101 Å². The fourth-order valence-corrected chi connectivity index (χ4v) is 20.4. The van der Waals surface area contributed by atoms with Crippen LogP contribution in [0, 0.1) is 11.3 Å². The monoisotopic (exact) mass is 1440 g/mol. The Hall–Kier alpha value is -10.1. The molecule has 0 fully saturated rings. The maximum atomic E-state index is 12.4. The van der Waals surface area contributed by atoms with E-state index in [0.717, 1.165) is 11.3 Å². The van der Waals surface area contributed by atoms with Gasteiger partial charge in [-0.05, 0) is 113 Å². The molecule has 0 radical (unpaired) electrons. The van der Waals surface area contributed by atoms with Gasteiger partial charge in [0.15, 0.2) is 5.78 Å². The fraction of sp³-hybridized carbons (Fsp3) is 0.0110. The molecular weight excluding hydrogens is 1370 g/mol. The van der Waals surface area contributed by atoms with Crippen LogP contribution in [0.3, 0.4) is 0 Å². The van der Waals surface area contributed by atoms with Crippen molar-refractivity contribution in [3.8, 4) is 17.3 Å². The van der Waals surface area contributed by atoms with E-state index < -0.39 is 31.7 Å². The molecule has 0 unspecified atom stereocenters. The molecule has 0 aliphatic rings. The second-order valence-corrected chi connectivity index (χ2v) is 31.3. The van der Waals surface area contributed by atoms with E-state index in [1.54, 1.807) is 6.07 Å². The summed E-state index contributed by atoms with van der Waals surface area (Å²) in [6.07, 6.45) is 0. The van der Waals surface area contributed by atoms with E-state index >= 15 is 0 Å². The van der Waals surface area contributed by atoms with Crippen molar-refractivity contribution in [3.05, 3.63) is 448 Å². The van der Waals surface area contributed by atoms with Gasteiger partial charge < -0.3 is 4.57 Å². The first-order valence-electron chi connectivity index (χ1n) is 32.6. The minimum atomic E-state index is -0.446. The molecule has 0 spiro atoms. The van der Waals surface area contributed by atoms with Crippen LogP contribution in [0.2, 0.25) is 0 Å². The topological polar surface area (TPSA) is 45.8 Å². The number of carbonyl (C=O) groups is 1. The summed E-state index contributed by atoms with van der Waals surface area (Å²) in [7, 11) is 0.0741. The third-order valence-electron chi connectivity index (χ3n) is 15.9. The van der Waals surface area contributed by atoms with Gasteiger partial charge in [-0.3, -0.25) is 4.79 Å². The Morgan fingerprint density at radius 1 is 0.242 bits per heavy atom. The van der Waals surface area contributed by atoms with Gasteiger partial charge in [0.25, 0.3) is 0 Å². The average Bonchev–Trinajstić information content (AvgIpc) is 1.71. The van der Waals surface area contributed by atoms with Crippen molar-refractivity contribution in [1.82, 2.24) is 4.57 Å². The summed E-state index contributed by atoms with van der Waals surface area (Å²) < 4.78 is 1.84. The van der Waals surface area contributed by atoms with Gasteiger partial charge in [0.1, 0.15) is 11.8 Å². The maximum absolute atomic E-state index is 12.4. The van der Waals surface area contributed by atoms with Crippen molar-refractivity contribution in [2.24, 2.45) is 7.05 Å². The van der Waals surface area contributed by atoms with Gasteiger partial charge in [-0.2, -0.15) is 5.26 Å². The zero-order valence-electron chi connectivity index (χ0n) is 54.9. The van der Waals surface area contributed by atoms with Crippen molar-refractivity contribution in [1.29, 1.82) is 5.26 Å². The maximum Gasteiger partial charge on any atom is 2.00 e. The molecule has 0 bridgehead atoms. The van der Waals surface area contributed by atoms with Crippen LogP contribution in [-0.4, -0.2) is 10.4 Å². The summed E-state index contributed by atoms with van der Waals surface area (Å²) in [6, 6.07) is 152. The molecule has 15 aromatic rings. The molecule has 0 atom stereocenters. The molecule has 99 heavy (non-hydrogen) atoms. The van der Waals surface area contributed by atoms with Crippen LogP contribution in [-0.2, 0) is 27.5 Å². The quantitative estimate of drug-likeness (QED) is 0.0583. The first-order valence-corrected chi connectivity index (χ1v) is 37.9. The number of benzene rings is 14. The van der Waals surface area contributed by atoms with Crippen LogP contribution >= 0.6 is 31.7 Å². The Morgan fingerprint density at radius 2 is 0.414 bits per heavy atom. The van der Waals surface area contributed by atoms with E-state index in [-0.39, 0.29) is 26.2 Å². The van der Waals surface area contributed by atoms with Crippen molar-refractivity contribution in [3.63, 3.8) is 0 Å². The summed E-state index contributed by atoms with van der Waals surface area (Å²) in [6.45, 7) is 0. The van der Waals surface area contributed by atoms with Crippen LogP contribution in [0.15, 0.2) is 431 Å². The van der Waals surface area contributed by atoms with Crippen molar-refractivity contribution < 1.29 is 25.2 Å². The first kappa shape index (κ1) is 71.7. The van der Waals surface area contributed by atoms with Gasteiger partial charge in [0, 0.05) is 23.9 Å². The molecule has 482 valence electrons. The molecule has 1 heterocycles. The number of hydrogen-bond acceptors (Lipinski definition) is 2. The molecule has 0 aliphatic carbocycles. The Kier molecular flexibility index (Phi) is 28.0. The van der Waals surface area contributed by atoms with Crippen LogP contribution in [0.4, 0.5) is 0 Å². The molecule has 0 amide bonds. The van der Waals surface area contributed by atoms with Gasteiger partial charge in [-0.25, -0.2) is 0 Å². The van der Waals surface area contributed by atoms with E-state index in [4.69, 9.17) is 5.26 Å². The first-order chi connectivity index (χ1) is 48.5. The number of nitriles is 1. The summed E-state index contributed by atoms with van der Waals surface area (Å²) in [5, 5.41) is 25.8. The van der Waals surface area contributed by atoms with E-state index in [9.17, 15) is 4.79 Å². The standard InChI is InChI=1S/C19H14N2O.4C18H15P.Pd/c1-21-17(13-20)11-12-18(21)14-7-9-16(10-8-14)19(22)15-5-3-2-4-6-15;4*1-4-10-16(11-5-1)19(17-12-6-2-7-13-17)18-14-8-3-9-15-18;/h2-12H,1H3;4*1-15H;/q;;;;;+2. The van der Waals surface area contributed by atoms with Crippen LogP contribution < -0.4 is 63.7 Å². The number of rotatable bonds is 15. The minimum absolute atomic E-state index is 0. The Labute approximate surface area is 603 Å². The molecule has 0 aliphatic heterocycles. The van der Waals surface area contributed by atoms with Crippen molar-refractivity contribution in [2.45, 2.75) is 0 Å². The van der Waals surface area contributed by atoms with E-state index in [1.165, 1.54) is 63.7 Å². The summed E-state index contributed by atoms with van der Waals surface area (Å²) in [5.74, 6) is 0.0109. The molecule has 0 saturated heterocycles. The van der Waals surface area contributed by atoms with Gasteiger partial charge in [-0.1, -0.05) is 419 Å². The normalized spacial score (nSPS) is 10.4. The smallest absolute Gasteiger partial charge is 0.335 e. The molecule has 0 N–H and O–H groups in total. The van der Waals surface area contributed by atoms with E-state index in [2.05, 4.69) is 370 Å². The Bertz CT molecular complexity index is 3930. The number of nitrogens with zero attached hydrogens (tertiary/aromatic N) is 2. The largest absolute Gasteiger partial charge is 2.00 e. The second kappa shape index (κ2) is 38.7. The number of ketones is 1. The van der Waals surface area contributed by atoms with Crippen LogP contribution in [0.5, 0.6) is 0 Å². The summed E-state index contributed by atoms with van der Waals surface area (Å²) >= 11 is 0. The van der Waals surface area contributed by atoms with Gasteiger partial charge >= 0.3 is 20.4 Å². The fourth-order valence-electron chi connectivity index (χ4n) is 11.2. The van der Waals surface area contributed by atoms with Gasteiger partial charge in [0.2, 0.25) is 0 Å². The average molecular weight is 1440 g/mol. The molecular formula is C91H74N2OP4Pd+2. The minimum Gasteiger partial charge on any atom is -0.335 e. The van der Waals surface area contributed by atoms with E-state index in [0.29, 0.717) is 16.8 Å². The Morgan fingerprint density at radius 3 is 0.586 bits per heavy atom. The SMILES string of the molecule is Cn1c(C#N)ccc1-c1ccc(C(=O)c2ccccc2)cc1.[Pd+2].c1ccc(P(c2ccccc2)c2ccccc2)cc1.c1ccc(P(c2ccccc2)c2ccccc2)cc1.c1ccc(P(c2ccccc2)c2ccccc2)cc1.c1ccc(P(c2ccccc2)c2ccccc2)cc1. The second-order valence-electron chi connectivity index (χ2n) is 22.4. The van der Waals surface area contributed by atoms with Crippen LogP contribution in [0.1, 0.15) is 21.6 Å². The zero-order valence-corrected chi connectivity index (χ0v) is 60.0. The third kappa shape index (κ3) is 20.3. The number of hydrogen-bond donors (Lipinski definition) is 0. The Balaban J connectivity index is 0.000000134. The summed E-state index contributed by atoms with van der Waals surface area (Å²) in [4.78, 5) is 12.4. The number of aromatic nitrogens is 1. The third-order valence-corrected chi connectivity index (χ3v) is 25.7. The molecule has 1 aromatic heterocycles. The predicted molar refractivity (Wildman–Crippen MR) is 426 cm³/mol. The molecule has 0 saturated carbocycles. The van der Waals surface area contributed by atoms with Gasteiger partial charge in [-0.15, -0.1) is 0 Å². The van der Waals surface area contributed by atoms with Crippen LogP contribution in [0.25, 0.3) is 11.3 Å². The molecule has 14 aromatic carbocycles. The predicted octanol–water partition coefficient (Wildman–Crippen LogP) is 17.6. The number of carbonyl (C=O) groups excluding carboxylic acids is 1. The molecule has 15 rings (SSSR count).